The second kappa shape index (κ2) is 5.51. The molecule has 3 nitrogen and oxygen atoms in total. The number of carbonyl (C=O) groups excluding carboxylic acids is 1. The highest BCUT2D eigenvalue weighted by Gasteiger charge is 2.13. The molecule has 0 fully saturated rings. The predicted molar refractivity (Wildman–Crippen MR) is 61.8 cm³/mol. The predicted octanol–water partition coefficient (Wildman–Crippen LogP) is 1.28. The van der Waals surface area contributed by atoms with E-state index < -0.39 is 0 Å². The lowest BCUT2D eigenvalue weighted by Crippen LogP contribution is -2.27. The number of benzene rings is 1. The van der Waals surface area contributed by atoms with Crippen molar-refractivity contribution < 1.29 is 4.79 Å². The van der Waals surface area contributed by atoms with Crippen LogP contribution in [0.3, 0.4) is 0 Å². The van der Waals surface area contributed by atoms with E-state index in [0.717, 1.165) is 24.1 Å². The molecule has 0 saturated carbocycles. The van der Waals surface area contributed by atoms with Crippen LogP contribution in [0.1, 0.15) is 22.8 Å². The van der Waals surface area contributed by atoms with Crippen LogP contribution in [0, 0.1) is 0 Å². The van der Waals surface area contributed by atoms with Crippen molar-refractivity contribution >= 4 is 5.91 Å². The van der Waals surface area contributed by atoms with Gasteiger partial charge in [-0.15, -0.1) is 0 Å². The summed E-state index contributed by atoms with van der Waals surface area (Å²) < 4.78 is 0. The third-order valence-electron chi connectivity index (χ3n) is 2.48. The third-order valence-corrected chi connectivity index (χ3v) is 2.48. The minimum absolute atomic E-state index is 0.0709. The Bertz CT molecular complexity index is 336. The van der Waals surface area contributed by atoms with Crippen LogP contribution in [0.5, 0.6) is 0 Å². The molecule has 15 heavy (non-hydrogen) atoms. The molecule has 1 amide bonds. The van der Waals surface area contributed by atoms with Crippen molar-refractivity contribution in [3.63, 3.8) is 0 Å². The molecule has 0 aliphatic heterocycles. The van der Waals surface area contributed by atoms with Gasteiger partial charge in [0.1, 0.15) is 0 Å². The summed E-state index contributed by atoms with van der Waals surface area (Å²) in [4.78, 5) is 13.7. The van der Waals surface area contributed by atoms with Crippen molar-refractivity contribution in [2.75, 3.05) is 20.1 Å². The minimum Gasteiger partial charge on any atom is -0.342 e. The van der Waals surface area contributed by atoms with E-state index in [1.807, 2.05) is 38.2 Å². The van der Waals surface area contributed by atoms with E-state index in [-0.39, 0.29) is 5.91 Å². The maximum absolute atomic E-state index is 12.0. The molecule has 0 radical (unpaired) electrons. The second-order valence-electron chi connectivity index (χ2n) is 3.52. The molecule has 1 aromatic rings. The van der Waals surface area contributed by atoms with E-state index in [0.29, 0.717) is 6.54 Å². The van der Waals surface area contributed by atoms with Gasteiger partial charge >= 0.3 is 0 Å². The van der Waals surface area contributed by atoms with Crippen LogP contribution in [0.4, 0.5) is 0 Å². The second-order valence-corrected chi connectivity index (χ2v) is 3.52. The van der Waals surface area contributed by atoms with E-state index in [2.05, 4.69) is 0 Å². The van der Waals surface area contributed by atoms with Crippen LogP contribution in [0.15, 0.2) is 24.3 Å². The Kier molecular flexibility index (Phi) is 4.31. The Labute approximate surface area is 90.9 Å². The van der Waals surface area contributed by atoms with Crippen LogP contribution in [-0.2, 0) is 6.42 Å². The van der Waals surface area contributed by atoms with E-state index in [1.165, 1.54) is 0 Å². The molecule has 0 aliphatic rings. The highest BCUT2D eigenvalue weighted by molar-refractivity contribution is 5.95. The van der Waals surface area contributed by atoms with Gasteiger partial charge in [-0.3, -0.25) is 4.79 Å². The fraction of sp³-hybridized carbons (Fsp3) is 0.417. The molecular formula is C12H18N2O. The number of rotatable bonds is 4. The molecule has 1 rings (SSSR count). The van der Waals surface area contributed by atoms with Crippen LogP contribution >= 0.6 is 0 Å². The number of amides is 1. The average molecular weight is 206 g/mol. The summed E-state index contributed by atoms with van der Waals surface area (Å²) in [5, 5.41) is 0. The van der Waals surface area contributed by atoms with Crippen molar-refractivity contribution in [1.82, 2.24) is 4.90 Å². The zero-order chi connectivity index (χ0) is 11.3. The Balaban J connectivity index is 2.96. The number of nitrogens with zero attached hydrogens (tertiary/aromatic N) is 1. The highest BCUT2D eigenvalue weighted by atomic mass is 16.2. The molecule has 0 atom stereocenters. The lowest BCUT2D eigenvalue weighted by atomic mass is 10.0. The van der Waals surface area contributed by atoms with Gasteiger partial charge in [-0.2, -0.15) is 0 Å². The first kappa shape index (κ1) is 11.7. The lowest BCUT2D eigenvalue weighted by Gasteiger charge is -2.16. The topological polar surface area (TPSA) is 46.3 Å². The van der Waals surface area contributed by atoms with Crippen LogP contribution in [-0.4, -0.2) is 30.9 Å². The highest BCUT2D eigenvalue weighted by Crippen LogP contribution is 2.11. The molecule has 0 unspecified atom stereocenters. The van der Waals surface area contributed by atoms with Crippen molar-refractivity contribution in [2.45, 2.75) is 13.3 Å². The van der Waals surface area contributed by atoms with Gasteiger partial charge in [0.15, 0.2) is 0 Å². The molecule has 0 aromatic heterocycles. The minimum atomic E-state index is 0.0709. The normalized spacial score (nSPS) is 10.1. The molecule has 0 aliphatic carbocycles. The first-order chi connectivity index (χ1) is 7.20. The summed E-state index contributed by atoms with van der Waals surface area (Å²) in [5.74, 6) is 0.0709. The SMILES string of the molecule is CCN(C)C(=O)c1ccccc1CCN. The largest absolute Gasteiger partial charge is 0.342 e. The van der Waals surface area contributed by atoms with E-state index in [9.17, 15) is 4.79 Å². The third kappa shape index (κ3) is 2.80. The Hall–Kier alpha value is -1.35. The summed E-state index contributed by atoms with van der Waals surface area (Å²) in [6.45, 7) is 3.25. The maximum Gasteiger partial charge on any atom is 0.253 e. The Morgan fingerprint density at radius 1 is 1.40 bits per heavy atom. The van der Waals surface area contributed by atoms with Gasteiger partial charge in [0.05, 0.1) is 0 Å². The number of hydrogen-bond acceptors (Lipinski definition) is 2. The molecule has 0 saturated heterocycles. The zero-order valence-corrected chi connectivity index (χ0v) is 9.36. The first-order valence-electron chi connectivity index (χ1n) is 5.24. The van der Waals surface area contributed by atoms with Gasteiger partial charge in [-0.1, -0.05) is 18.2 Å². The summed E-state index contributed by atoms with van der Waals surface area (Å²) in [6, 6.07) is 7.65. The smallest absolute Gasteiger partial charge is 0.253 e. The molecule has 0 bridgehead atoms. The quantitative estimate of drug-likeness (QED) is 0.806. The zero-order valence-electron chi connectivity index (χ0n) is 9.36. The van der Waals surface area contributed by atoms with E-state index >= 15 is 0 Å². The molecular weight excluding hydrogens is 188 g/mol. The fourth-order valence-corrected chi connectivity index (χ4v) is 1.45. The molecule has 0 spiro atoms. The van der Waals surface area contributed by atoms with E-state index in [4.69, 9.17) is 5.73 Å². The van der Waals surface area contributed by atoms with Crippen LogP contribution in [0.2, 0.25) is 0 Å². The Morgan fingerprint density at radius 2 is 2.07 bits per heavy atom. The van der Waals surface area contributed by atoms with Crippen molar-refractivity contribution in [3.05, 3.63) is 35.4 Å². The van der Waals surface area contributed by atoms with Gasteiger partial charge in [0.25, 0.3) is 5.91 Å². The molecule has 82 valence electrons. The number of nitrogens with two attached hydrogens (primary N) is 1. The molecule has 3 heteroatoms. The van der Waals surface area contributed by atoms with E-state index in [1.54, 1.807) is 4.90 Å². The first-order valence-corrected chi connectivity index (χ1v) is 5.24. The van der Waals surface area contributed by atoms with Crippen LogP contribution < -0.4 is 5.73 Å². The fourth-order valence-electron chi connectivity index (χ4n) is 1.45. The van der Waals surface area contributed by atoms with Gasteiger partial charge in [0, 0.05) is 19.2 Å². The summed E-state index contributed by atoms with van der Waals surface area (Å²) in [7, 11) is 1.81. The standard InChI is InChI=1S/C12H18N2O/c1-3-14(2)12(15)11-7-5-4-6-10(11)8-9-13/h4-7H,3,8-9,13H2,1-2H3. The molecule has 2 N–H and O–H groups in total. The lowest BCUT2D eigenvalue weighted by molar-refractivity contribution is 0.0801. The van der Waals surface area contributed by atoms with Crippen LogP contribution in [0.25, 0.3) is 0 Å². The summed E-state index contributed by atoms with van der Waals surface area (Å²) >= 11 is 0. The van der Waals surface area contributed by atoms with Gasteiger partial charge in [0.2, 0.25) is 0 Å². The molecule has 1 aromatic carbocycles. The van der Waals surface area contributed by atoms with Gasteiger partial charge in [-0.25, -0.2) is 0 Å². The number of carbonyl (C=O) groups is 1. The Morgan fingerprint density at radius 3 is 2.67 bits per heavy atom. The van der Waals surface area contributed by atoms with Crippen molar-refractivity contribution in [3.8, 4) is 0 Å². The molecule has 0 heterocycles. The summed E-state index contributed by atoms with van der Waals surface area (Å²) in [5.41, 5.74) is 7.32. The van der Waals surface area contributed by atoms with Gasteiger partial charge < -0.3 is 10.6 Å². The van der Waals surface area contributed by atoms with Crippen molar-refractivity contribution in [1.29, 1.82) is 0 Å². The number of hydrogen-bond donors (Lipinski definition) is 1. The van der Waals surface area contributed by atoms with Crippen molar-refractivity contribution in [2.24, 2.45) is 5.73 Å². The monoisotopic (exact) mass is 206 g/mol. The van der Waals surface area contributed by atoms with Gasteiger partial charge in [-0.05, 0) is 31.5 Å². The average Bonchev–Trinajstić information content (AvgIpc) is 2.28. The maximum atomic E-state index is 12.0. The summed E-state index contributed by atoms with van der Waals surface area (Å²) in [6.07, 6.45) is 0.749.